The number of alkyl halides is 2. The molecule has 2 aromatic carbocycles. The van der Waals surface area contributed by atoms with Gasteiger partial charge in [-0.3, -0.25) is 0 Å². The molecule has 0 nitrogen and oxygen atoms in total. The minimum atomic E-state index is -0.0460. The van der Waals surface area contributed by atoms with E-state index < -0.39 is 0 Å². The van der Waals surface area contributed by atoms with Gasteiger partial charge in [-0.15, -0.1) is 0 Å². The van der Waals surface area contributed by atoms with Crippen molar-refractivity contribution in [1.29, 1.82) is 0 Å². The van der Waals surface area contributed by atoms with Gasteiger partial charge in [0.2, 0.25) is 0 Å². The quantitative estimate of drug-likeness (QED) is 0.485. The smallest absolute Gasteiger partial charge is 0.0438 e. The van der Waals surface area contributed by atoms with Crippen LogP contribution in [0.4, 0.5) is 0 Å². The summed E-state index contributed by atoms with van der Waals surface area (Å²) < 4.78 is 0. The molecule has 0 aliphatic heterocycles. The Morgan fingerprint density at radius 2 is 1.45 bits per heavy atom. The SMILES string of the molecule is Clc1ccc(C(CBr)(CBr)Cc2ccccc2Cl)cc1. The largest absolute Gasteiger partial charge is 0.0918 e. The van der Waals surface area contributed by atoms with Gasteiger partial charge in [0.15, 0.2) is 0 Å². The summed E-state index contributed by atoms with van der Waals surface area (Å²) in [5.74, 6) is 0. The maximum Gasteiger partial charge on any atom is 0.0438 e. The van der Waals surface area contributed by atoms with Crippen LogP contribution in [-0.2, 0) is 11.8 Å². The van der Waals surface area contributed by atoms with Crippen molar-refractivity contribution in [3.63, 3.8) is 0 Å². The van der Waals surface area contributed by atoms with Gasteiger partial charge in [-0.1, -0.05) is 85.4 Å². The molecule has 0 aliphatic carbocycles. The molecule has 2 aromatic rings. The maximum atomic E-state index is 6.31. The third kappa shape index (κ3) is 3.59. The fourth-order valence-electron chi connectivity index (χ4n) is 2.20. The van der Waals surface area contributed by atoms with Crippen LogP contribution < -0.4 is 0 Å². The topological polar surface area (TPSA) is 0 Å². The van der Waals surface area contributed by atoms with E-state index in [1.165, 1.54) is 5.56 Å². The van der Waals surface area contributed by atoms with Crippen LogP contribution >= 0.6 is 55.1 Å². The Balaban J connectivity index is 2.39. The highest BCUT2D eigenvalue weighted by atomic mass is 79.9. The summed E-state index contributed by atoms with van der Waals surface area (Å²) in [5, 5.41) is 3.26. The molecule has 0 unspecified atom stereocenters. The lowest BCUT2D eigenvalue weighted by Crippen LogP contribution is -2.33. The summed E-state index contributed by atoms with van der Waals surface area (Å²) in [6.07, 6.45) is 0.866. The lowest BCUT2D eigenvalue weighted by atomic mass is 9.79. The standard InChI is InChI=1S/C16H14Br2Cl2/c17-10-16(11-18,13-5-7-14(19)8-6-13)9-12-3-1-2-4-15(12)20/h1-8H,9-11H2. The second-order valence-electron chi connectivity index (χ2n) is 4.82. The van der Waals surface area contributed by atoms with Crippen molar-refractivity contribution < 1.29 is 0 Å². The predicted molar refractivity (Wildman–Crippen MR) is 95.9 cm³/mol. The number of rotatable bonds is 5. The zero-order valence-electron chi connectivity index (χ0n) is 10.8. The molecule has 0 heterocycles. The summed E-state index contributed by atoms with van der Waals surface area (Å²) >= 11 is 19.6. The van der Waals surface area contributed by atoms with Crippen LogP contribution in [-0.4, -0.2) is 10.7 Å². The molecular weight excluding hydrogens is 423 g/mol. The van der Waals surface area contributed by atoms with Gasteiger partial charge in [-0.05, 0) is 35.7 Å². The molecule has 0 atom stereocenters. The van der Waals surface area contributed by atoms with Gasteiger partial charge in [0.25, 0.3) is 0 Å². The Morgan fingerprint density at radius 1 is 0.850 bits per heavy atom. The van der Waals surface area contributed by atoms with E-state index in [-0.39, 0.29) is 5.41 Å². The van der Waals surface area contributed by atoms with Gasteiger partial charge in [-0.2, -0.15) is 0 Å². The zero-order valence-corrected chi connectivity index (χ0v) is 15.4. The molecular formula is C16H14Br2Cl2. The minimum Gasteiger partial charge on any atom is -0.0918 e. The van der Waals surface area contributed by atoms with E-state index >= 15 is 0 Å². The number of hydrogen-bond donors (Lipinski definition) is 0. The van der Waals surface area contributed by atoms with Crippen LogP contribution in [0.25, 0.3) is 0 Å². The molecule has 0 N–H and O–H groups in total. The number of benzene rings is 2. The first kappa shape index (κ1) is 16.4. The zero-order chi connectivity index (χ0) is 14.6. The van der Waals surface area contributed by atoms with Crippen molar-refractivity contribution in [3.8, 4) is 0 Å². The van der Waals surface area contributed by atoms with Gasteiger partial charge in [0.1, 0.15) is 0 Å². The Bertz CT molecular complexity index is 563. The van der Waals surface area contributed by atoms with Crippen molar-refractivity contribution in [1.82, 2.24) is 0 Å². The van der Waals surface area contributed by atoms with Crippen LogP contribution in [0.5, 0.6) is 0 Å². The van der Waals surface area contributed by atoms with E-state index in [2.05, 4.69) is 50.1 Å². The van der Waals surface area contributed by atoms with E-state index in [1.807, 2.05) is 30.3 Å². The molecule has 4 heteroatoms. The summed E-state index contributed by atoms with van der Waals surface area (Å²) in [7, 11) is 0. The molecule has 0 saturated carbocycles. The normalized spacial score (nSPS) is 11.6. The lowest BCUT2D eigenvalue weighted by molar-refractivity contribution is 0.551. The molecule has 0 aromatic heterocycles. The number of hydrogen-bond acceptors (Lipinski definition) is 0. The van der Waals surface area contributed by atoms with Crippen molar-refractivity contribution in [2.24, 2.45) is 0 Å². The summed E-state index contributed by atoms with van der Waals surface area (Å²) in [4.78, 5) is 0. The van der Waals surface area contributed by atoms with Gasteiger partial charge < -0.3 is 0 Å². The number of halogens is 4. The van der Waals surface area contributed by atoms with Crippen molar-refractivity contribution >= 4 is 55.1 Å². The molecule has 0 saturated heterocycles. The molecule has 0 bridgehead atoms. The van der Waals surface area contributed by atoms with Crippen molar-refractivity contribution in [2.45, 2.75) is 11.8 Å². The molecule has 106 valence electrons. The third-order valence-corrected chi connectivity index (χ3v) is 6.22. The summed E-state index contributed by atoms with van der Waals surface area (Å²) in [6, 6.07) is 16.0. The van der Waals surface area contributed by atoms with E-state index in [4.69, 9.17) is 23.2 Å². The van der Waals surface area contributed by atoms with E-state index in [0.29, 0.717) is 0 Å². The Morgan fingerprint density at radius 3 is 2.00 bits per heavy atom. The Hall–Kier alpha value is -0.0200. The average molecular weight is 437 g/mol. The van der Waals surface area contributed by atoms with Crippen LogP contribution in [0.15, 0.2) is 48.5 Å². The Kier molecular flexibility index (Phi) is 5.97. The van der Waals surface area contributed by atoms with Crippen molar-refractivity contribution in [3.05, 3.63) is 69.7 Å². The van der Waals surface area contributed by atoms with Gasteiger partial charge >= 0.3 is 0 Å². The highest BCUT2D eigenvalue weighted by Gasteiger charge is 2.31. The third-order valence-electron chi connectivity index (χ3n) is 3.45. The van der Waals surface area contributed by atoms with E-state index in [9.17, 15) is 0 Å². The highest BCUT2D eigenvalue weighted by Crippen LogP contribution is 2.35. The molecule has 20 heavy (non-hydrogen) atoms. The van der Waals surface area contributed by atoms with Gasteiger partial charge in [-0.25, -0.2) is 0 Å². The minimum absolute atomic E-state index is 0.0460. The van der Waals surface area contributed by atoms with Crippen LogP contribution in [0.1, 0.15) is 11.1 Å². The van der Waals surface area contributed by atoms with Gasteiger partial charge in [0, 0.05) is 26.1 Å². The molecule has 0 amide bonds. The fourth-order valence-corrected chi connectivity index (χ4v) is 4.50. The molecule has 0 fully saturated rings. The van der Waals surface area contributed by atoms with Crippen molar-refractivity contribution in [2.75, 3.05) is 10.7 Å². The monoisotopic (exact) mass is 434 g/mol. The Labute approximate surface area is 146 Å². The molecule has 0 aliphatic rings. The summed E-state index contributed by atoms with van der Waals surface area (Å²) in [6.45, 7) is 0. The molecule has 2 rings (SSSR count). The predicted octanol–water partition coefficient (Wildman–Crippen LogP) is 6.26. The maximum absolute atomic E-state index is 6.31. The average Bonchev–Trinajstić information content (AvgIpc) is 2.48. The molecule has 0 spiro atoms. The second kappa shape index (κ2) is 7.31. The van der Waals surface area contributed by atoms with Crippen LogP contribution in [0.2, 0.25) is 10.0 Å². The lowest BCUT2D eigenvalue weighted by Gasteiger charge is -2.31. The first-order valence-corrected chi connectivity index (χ1v) is 9.22. The van der Waals surface area contributed by atoms with Crippen LogP contribution in [0, 0.1) is 0 Å². The second-order valence-corrected chi connectivity index (χ2v) is 6.79. The summed E-state index contributed by atoms with van der Waals surface area (Å²) in [5.41, 5.74) is 2.36. The van der Waals surface area contributed by atoms with Gasteiger partial charge in [0.05, 0.1) is 0 Å². The first-order chi connectivity index (χ1) is 9.61. The van der Waals surface area contributed by atoms with E-state index in [1.54, 1.807) is 0 Å². The first-order valence-electron chi connectivity index (χ1n) is 6.23. The fraction of sp³-hybridized carbons (Fsp3) is 0.250. The highest BCUT2D eigenvalue weighted by molar-refractivity contribution is 9.09. The van der Waals surface area contributed by atoms with Crippen LogP contribution in [0.3, 0.4) is 0 Å². The molecule has 0 radical (unpaired) electrons. The van der Waals surface area contributed by atoms with E-state index in [0.717, 1.165) is 32.7 Å².